The van der Waals surface area contributed by atoms with Crippen LogP contribution in [0.25, 0.3) is 5.82 Å². The Morgan fingerprint density at radius 1 is 1.25 bits per heavy atom. The molecule has 2 aromatic rings. The molecule has 2 aromatic heterocycles. The van der Waals surface area contributed by atoms with Crippen LogP contribution in [0.5, 0.6) is 0 Å². The van der Waals surface area contributed by atoms with Crippen LogP contribution in [0.15, 0.2) is 35.3 Å². The molecule has 0 atom stereocenters. The lowest BCUT2D eigenvalue weighted by molar-refractivity contribution is -0.000148. The SMILES string of the molecule is CC.COCCOC1CCCCC1.NC(=O)c1cc(Br)cc(-n2ccnc2)n1. The van der Waals surface area contributed by atoms with E-state index in [4.69, 9.17) is 15.2 Å². The van der Waals surface area contributed by atoms with Gasteiger partial charge < -0.3 is 15.2 Å². The van der Waals surface area contributed by atoms with Gasteiger partial charge in [-0.05, 0) is 25.0 Å². The number of nitrogens with two attached hydrogens (primary N) is 1. The van der Waals surface area contributed by atoms with Crippen LogP contribution in [0, 0.1) is 0 Å². The first-order valence-corrected chi connectivity index (χ1v) is 10.5. The molecule has 0 unspecified atom stereocenters. The third-order valence-corrected chi connectivity index (χ3v) is 4.45. The summed E-state index contributed by atoms with van der Waals surface area (Å²) >= 11 is 3.29. The van der Waals surface area contributed by atoms with E-state index in [1.54, 1.807) is 42.5 Å². The Labute approximate surface area is 175 Å². The highest BCUT2D eigenvalue weighted by Gasteiger charge is 2.12. The Morgan fingerprint density at radius 3 is 2.54 bits per heavy atom. The maximum absolute atomic E-state index is 11.0. The van der Waals surface area contributed by atoms with E-state index in [0.29, 0.717) is 11.9 Å². The van der Waals surface area contributed by atoms with Crippen LogP contribution < -0.4 is 5.73 Å². The number of methoxy groups -OCH3 is 1. The normalized spacial score (nSPS) is 13.7. The van der Waals surface area contributed by atoms with Gasteiger partial charge in [0.1, 0.15) is 17.8 Å². The molecular formula is C20H31BrN4O3. The predicted octanol–water partition coefficient (Wildman–Crippen LogP) is 4.14. The molecule has 156 valence electrons. The largest absolute Gasteiger partial charge is 0.382 e. The van der Waals surface area contributed by atoms with Gasteiger partial charge in [-0.3, -0.25) is 9.36 Å². The standard InChI is InChI=1S/C9H7BrN4O.C9H18O2.C2H6/c10-6-3-7(9(11)15)13-8(4-6)14-2-1-12-5-14;1-10-7-8-11-9-5-3-2-4-6-9;1-2/h1-5H,(H2,11,15);9H,2-8H2,1H3;1-2H3. The molecule has 7 nitrogen and oxygen atoms in total. The van der Waals surface area contributed by atoms with Crippen molar-refractivity contribution >= 4 is 21.8 Å². The Bertz CT molecular complexity index is 674. The topological polar surface area (TPSA) is 92.3 Å². The lowest BCUT2D eigenvalue weighted by Crippen LogP contribution is -2.18. The van der Waals surface area contributed by atoms with E-state index in [1.807, 2.05) is 13.8 Å². The summed E-state index contributed by atoms with van der Waals surface area (Å²) in [6, 6.07) is 3.34. The Balaban J connectivity index is 0.000000268. The van der Waals surface area contributed by atoms with Gasteiger partial charge in [0.2, 0.25) is 0 Å². The van der Waals surface area contributed by atoms with Crippen LogP contribution in [-0.2, 0) is 9.47 Å². The van der Waals surface area contributed by atoms with Crippen molar-refractivity contribution < 1.29 is 14.3 Å². The Kier molecular flexibility index (Phi) is 12.4. The summed E-state index contributed by atoms with van der Waals surface area (Å²) in [7, 11) is 1.71. The van der Waals surface area contributed by atoms with E-state index in [2.05, 4.69) is 25.9 Å². The van der Waals surface area contributed by atoms with Crippen LogP contribution >= 0.6 is 15.9 Å². The zero-order valence-electron chi connectivity index (χ0n) is 16.9. The molecule has 1 aliphatic rings. The Morgan fingerprint density at radius 2 is 1.96 bits per heavy atom. The van der Waals surface area contributed by atoms with Crippen LogP contribution in [0.1, 0.15) is 56.4 Å². The average Bonchev–Trinajstić information content (AvgIpc) is 3.26. The van der Waals surface area contributed by atoms with E-state index in [9.17, 15) is 4.79 Å². The number of aromatic nitrogens is 3. The number of carbonyl (C=O) groups is 1. The number of ether oxygens (including phenoxy) is 2. The number of hydrogen-bond donors (Lipinski definition) is 1. The van der Waals surface area contributed by atoms with Crippen molar-refractivity contribution in [2.24, 2.45) is 5.73 Å². The third-order valence-electron chi connectivity index (χ3n) is 3.99. The first-order chi connectivity index (χ1) is 13.6. The van der Waals surface area contributed by atoms with E-state index in [0.717, 1.165) is 17.7 Å². The number of halogens is 1. The zero-order chi connectivity index (χ0) is 20.8. The smallest absolute Gasteiger partial charge is 0.267 e. The van der Waals surface area contributed by atoms with Crippen LogP contribution in [0.3, 0.4) is 0 Å². The van der Waals surface area contributed by atoms with E-state index in [-0.39, 0.29) is 5.69 Å². The van der Waals surface area contributed by atoms with Crippen LogP contribution in [0.2, 0.25) is 0 Å². The molecule has 1 fully saturated rings. The quantitative estimate of drug-likeness (QED) is 0.661. The van der Waals surface area contributed by atoms with Gasteiger partial charge in [-0.2, -0.15) is 0 Å². The van der Waals surface area contributed by atoms with Crippen LogP contribution in [0.4, 0.5) is 0 Å². The van der Waals surface area contributed by atoms with Crippen molar-refractivity contribution in [1.29, 1.82) is 0 Å². The highest BCUT2D eigenvalue weighted by Crippen LogP contribution is 2.19. The monoisotopic (exact) mass is 454 g/mol. The summed E-state index contributed by atoms with van der Waals surface area (Å²) in [5, 5.41) is 0. The predicted molar refractivity (Wildman–Crippen MR) is 114 cm³/mol. The highest BCUT2D eigenvalue weighted by atomic mass is 79.9. The van der Waals surface area contributed by atoms with Crippen molar-refractivity contribution in [3.63, 3.8) is 0 Å². The third kappa shape index (κ3) is 8.95. The fourth-order valence-electron chi connectivity index (χ4n) is 2.67. The van der Waals surface area contributed by atoms with Gasteiger partial charge in [0.05, 0.1) is 19.3 Å². The summed E-state index contributed by atoms with van der Waals surface area (Å²) < 4.78 is 12.9. The maximum atomic E-state index is 11.0. The van der Waals surface area contributed by atoms with Gasteiger partial charge in [-0.15, -0.1) is 0 Å². The van der Waals surface area contributed by atoms with Crippen LogP contribution in [-0.4, -0.2) is 46.9 Å². The number of pyridine rings is 1. The number of imidazole rings is 1. The maximum Gasteiger partial charge on any atom is 0.267 e. The molecule has 28 heavy (non-hydrogen) atoms. The number of rotatable bonds is 6. The van der Waals surface area contributed by atoms with Gasteiger partial charge in [0.15, 0.2) is 0 Å². The molecule has 2 heterocycles. The fraction of sp³-hybridized carbons (Fsp3) is 0.550. The number of primary amides is 1. The summed E-state index contributed by atoms with van der Waals surface area (Å²) in [6.45, 7) is 5.50. The first kappa shape index (κ1) is 24.3. The summed E-state index contributed by atoms with van der Waals surface area (Å²) in [6.07, 6.45) is 12.1. The summed E-state index contributed by atoms with van der Waals surface area (Å²) in [5.41, 5.74) is 5.37. The van der Waals surface area contributed by atoms with Gasteiger partial charge in [-0.1, -0.05) is 49.0 Å². The number of hydrogen-bond acceptors (Lipinski definition) is 5. The van der Waals surface area contributed by atoms with Crippen molar-refractivity contribution in [3.8, 4) is 5.82 Å². The highest BCUT2D eigenvalue weighted by molar-refractivity contribution is 9.10. The minimum Gasteiger partial charge on any atom is -0.382 e. The van der Waals surface area contributed by atoms with Gasteiger partial charge in [0.25, 0.3) is 5.91 Å². The molecule has 0 spiro atoms. The molecule has 0 radical (unpaired) electrons. The zero-order valence-corrected chi connectivity index (χ0v) is 18.5. The van der Waals surface area contributed by atoms with Gasteiger partial charge >= 0.3 is 0 Å². The molecule has 2 N–H and O–H groups in total. The number of carbonyl (C=O) groups excluding carboxylic acids is 1. The van der Waals surface area contributed by atoms with E-state index < -0.39 is 5.91 Å². The molecule has 0 aromatic carbocycles. The second-order valence-corrected chi connectivity index (χ2v) is 6.90. The second-order valence-electron chi connectivity index (χ2n) is 5.99. The molecule has 0 saturated heterocycles. The van der Waals surface area contributed by atoms with Crippen molar-refractivity contribution in [1.82, 2.24) is 14.5 Å². The molecular weight excluding hydrogens is 424 g/mol. The molecule has 0 bridgehead atoms. The molecule has 1 saturated carbocycles. The van der Waals surface area contributed by atoms with Gasteiger partial charge in [0, 0.05) is 24.0 Å². The lowest BCUT2D eigenvalue weighted by atomic mass is 9.98. The molecule has 0 aliphatic heterocycles. The van der Waals surface area contributed by atoms with Crippen molar-refractivity contribution in [2.75, 3.05) is 20.3 Å². The Hall–Kier alpha value is -1.77. The molecule has 1 aliphatic carbocycles. The van der Waals surface area contributed by atoms with Gasteiger partial charge in [-0.25, -0.2) is 9.97 Å². The minimum absolute atomic E-state index is 0.216. The summed E-state index contributed by atoms with van der Waals surface area (Å²) in [4.78, 5) is 19.0. The summed E-state index contributed by atoms with van der Waals surface area (Å²) in [5.74, 6) is 0.0355. The molecule has 3 rings (SSSR count). The van der Waals surface area contributed by atoms with E-state index in [1.165, 1.54) is 32.1 Å². The second kappa shape index (κ2) is 14.3. The lowest BCUT2D eigenvalue weighted by Gasteiger charge is -2.21. The van der Waals surface area contributed by atoms with E-state index >= 15 is 0 Å². The first-order valence-electron chi connectivity index (χ1n) is 9.66. The van der Waals surface area contributed by atoms with Crippen molar-refractivity contribution in [3.05, 3.63) is 41.0 Å². The van der Waals surface area contributed by atoms with Crippen molar-refractivity contribution in [2.45, 2.75) is 52.1 Å². The minimum atomic E-state index is -0.558. The fourth-order valence-corrected chi connectivity index (χ4v) is 3.09. The average molecular weight is 455 g/mol. The number of nitrogens with zero attached hydrogens (tertiary/aromatic N) is 3. The molecule has 8 heteroatoms. The molecule has 1 amide bonds. The number of amides is 1.